The third kappa shape index (κ3) is 4.90. The number of hydrogen-bond acceptors (Lipinski definition) is 6. The first-order valence-corrected chi connectivity index (χ1v) is 12.5. The summed E-state index contributed by atoms with van der Waals surface area (Å²) >= 11 is 0. The summed E-state index contributed by atoms with van der Waals surface area (Å²) in [5.74, 6) is -1.87. The van der Waals surface area contributed by atoms with Crippen LogP contribution < -0.4 is 20.9 Å². The van der Waals surface area contributed by atoms with Crippen LogP contribution in [0.3, 0.4) is 0 Å². The first-order valence-electron chi connectivity index (χ1n) is 10.9. The molecule has 2 saturated heterocycles. The molecule has 10 nitrogen and oxygen atoms in total. The Morgan fingerprint density at radius 2 is 1.76 bits per heavy atom. The predicted octanol–water partition coefficient (Wildman–Crippen LogP) is 1.14. The van der Waals surface area contributed by atoms with Gasteiger partial charge in [-0.15, -0.1) is 0 Å². The van der Waals surface area contributed by atoms with Gasteiger partial charge in [-0.1, -0.05) is 24.3 Å². The summed E-state index contributed by atoms with van der Waals surface area (Å²) in [6.07, 6.45) is 0. The Balaban J connectivity index is 1.37. The van der Waals surface area contributed by atoms with E-state index in [0.717, 1.165) is 11.3 Å². The van der Waals surface area contributed by atoms with Crippen LogP contribution >= 0.6 is 0 Å². The van der Waals surface area contributed by atoms with Gasteiger partial charge in [-0.05, 0) is 49.2 Å². The van der Waals surface area contributed by atoms with Gasteiger partial charge < -0.3 is 15.5 Å². The summed E-state index contributed by atoms with van der Waals surface area (Å²) in [5, 5.41) is 7.33. The van der Waals surface area contributed by atoms with Crippen LogP contribution in [-0.4, -0.2) is 62.5 Å². The monoisotopic (exact) mass is 485 g/mol. The lowest BCUT2D eigenvalue weighted by molar-refractivity contribution is -0.123. The summed E-state index contributed by atoms with van der Waals surface area (Å²) in [6.45, 7) is 5.24. The van der Waals surface area contributed by atoms with E-state index in [1.54, 1.807) is 25.1 Å². The van der Waals surface area contributed by atoms with Crippen LogP contribution in [0.5, 0.6) is 0 Å². The molecule has 0 spiro atoms. The molecule has 1 atom stereocenters. The normalized spacial score (nSPS) is 21.2. The van der Waals surface area contributed by atoms with Gasteiger partial charge in [0.1, 0.15) is 11.3 Å². The highest BCUT2D eigenvalue weighted by atomic mass is 32.2. The number of anilines is 2. The number of aryl methyl sites for hydroxylation is 1. The Morgan fingerprint density at radius 1 is 1.06 bits per heavy atom. The highest BCUT2D eigenvalue weighted by Gasteiger charge is 2.43. The van der Waals surface area contributed by atoms with E-state index in [1.165, 1.54) is 10.4 Å². The van der Waals surface area contributed by atoms with Crippen LogP contribution in [0.15, 0.2) is 48.5 Å². The minimum atomic E-state index is -3.80. The molecule has 2 fully saturated rings. The quantitative estimate of drug-likeness (QED) is 0.527. The van der Waals surface area contributed by atoms with Crippen LogP contribution in [0, 0.1) is 6.92 Å². The third-order valence-corrected chi connectivity index (χ3v) is 7.86. The number of benzene rings is 2. The lowest BCUT2D eigenvalue weighted by Crippen LogP contribution is -2.50. The number of carbonyl (C=O) groups is 3. The zero-order chi connectivity index (χ0) is 24.5. The van der Waals surface area contributed by atoms with Crippen LogP contribution in [0.4, 0.5) is 16.2 Å². The van der Waals surface area contributed by atoms with Gasteiger partial charge in [0.05, 0.1) is 0 Å². The molecule has 3 N–H and O–H groups in total. The van der Waals surface area contributed by atoms with Gasteiger partial charge in [0, 0.05) is 37.6 Å². The Morgan fingerprint density at radius 3 is 2.41 bits per heavy atom. The van der Waals surface area contributed by atoms with Crippen molar-refractivity contribution in [3.63, 3.8) is 0 Å². The number of nitrogens with one attached hydrogen (secondary N) is 3. The Bertz CT molecular complexity index is 1240. The Kier molecular flexibility index (Phi) is 6.32. The molecule has 0 saturated carbocycles. The van der Waals surface area contributed by atoms with E-state index in [2.05, 4.69) is 26.9 Å². The second-order valence-corrected chi connectivity index (χ2v) is 10.6. The van der Waals surface area contributed by atoms with Gasteiger partial charge in [0.2, 0.25) is 15.9 Å². The van der Waals surface area contributed by atoms with Gasteiger partial charge in [-0.3, -0.25) is 14.9 Å². The lowest BCUT2D eigenvalue weighted by atomic mass is 9.92. The fourth-order valence-electron chi connectivity index (χ4n) is 4.16. The first kappa shape index (κ1) is 23.7. The minimum absolute atomic E-state index is 0.298. The van der Waals surface area contributed by atoms with E-state index in [4.69, 9.17) is 0 Å². The van der Waals surface area contributed by atoms with Crippen molar-refractivity contribution in [1.82, 2.24) is 14.9 Å². The van der Waals surface area contributed by atoms with Crippen LogP contribution in [0.25, 0.3) is 0 Å². The molecule has 34 heavy (non-hydrogen) atoms. The van der Waals surface area contributed by atoms with Crippen molar-refractivity contribution >= 4 is 39.2 Å². The highest BCUT2D eigenvalue weighted by Crippen LogP contribution is 2.26. The molecule has 4 amide bonds. The number of imide groups is 1. The number of hydrogen-bond donors (Lipinski definition) is 3. The van der Waals surface area contributed by atoms with E-state index in [-0.39, 0.29) is 0 Å². The van der Waals surface area contributed by atoms with Gasteiger partial charge >= 0.3 is 6.03 Å². The minimum Gasteiger partial charge on any atom is -0.369 e. The average Bonchev–Trinajstić information content (AvgIpc) is 3.06. The first-order chi connectivity index (χ1) is 16.1. The topological polar surface area (TPSA) is 128 Å². The van der Waals surface area contributed by atoms with Crippen LogP contribution in [0.1, 0.15) is 18.1 Å². The molecule has 0 bridgehead atoms. The fraction of sp³-hybridized carbons (Fsp3) is 0.348. The molecule has 2 heterocycles. The molecule has 2 aliphatic heterocycles. The molecule has 180 valence electrons. The number of urea groups is 1. The average molecular weight is 486 g/mol. The maximum atomic E-state index is 12.8. The van der Waals surface area contributed by atoms with E-state index in [0.29, 0.717) is 37.4 Å². The SMILES string of the molecule is Cc1cccc(N2CCN(S(=O)(=O)CC(=O)Nc3cccc(C4(C)NC(=O)NC4=O)c3)CC2)c1. The molecule has 0 aliphatic carbocycles. The molecule has 4 rings (SSSR count). The summed E-state index contributed by atoms with van der Waals surface area (Å²) < 4.78 is 27.0. The summed E-state index contributed by atoms with van der Waals surface area (Å²) in [5.41, 5.74) is 1.70. The number of sulfonamides is 1. The molecular weight excluding hydrogens is 458 g/mol. The van der Waals surface area contributed by atoms with Crippen molar-refractivity contribution in [3.05, 3.63) is 59.7 Å². The summed E-state index contributed by atoms with van der Waals surface area (Å²) in [4.78, 5) is 38.4. The highest BCUT2D eigenvalue weighted by molar-refractivity contribution is 7.89. The number of nitrogens with zero attached hydrogens (tertiary/aromatic N) is 2. The molecular formula is C23H27N5O5S. The van der Waals surface area contributed by atoms with Crippen LogP contribution in [0.2, 0.25) is 0 Å². The molecule has 0 radical (unpaired) electrons. The van der Waals surface area contributed by atoms with Gasteiger partial charge in [-0.2, -0.15) is 4.31 Å². The van der Waals surface area contributed by atoms with Crippen molar-refractivity contribution < 1.29 is 22.8 Å². The van der Waals surface area contributed by atoms with E-state index < -0.39 is 39.2 Å². The van der Waals surface area contributed by atoms with Crippen molar-refractivity contribution in [3.8, 4) is 0 Å². The van der Waals surface area contributed by atoms with Crippen molar-refractivity contribution in [2.75, 3.05) is 42.1 Å². The Labute approximate surface area is 198 Å². The smallest absolute Gasteiger partial charge is 0.322 e. The van der Waals surface area contributed by atoms with Crippen molar-refractivity contribution in [2.24, 2.45) is 0 Å². The molecule has 2 aromatic carbocycles. The van der Waals surface area contributed by atoms with Gasteiger partial charge in [0.25, 0.3) is 5.91 Å². The van der Waals surface area contributed by atoms with Gasteiger partial charge in [0.15, 0.2) is 0 Å². The number of carbonyl (C=O) groups excluding carboxylic acids is 3. The third-order valence-electron chi connectivity index (χ3n) is 6.08. The van der Waals surface area contributed by atoms with Crippen LogP contribution in [-0.2, 0) is 25.2 Å². The largest absolute Gasteiger partial charge is 0.369 e. The summed E-state index contributed by atoms with van der Waals surface area (Å²) in [7, 11) is -3.80. The number of amides is 4. The fourth-order valence-corrected chi connectivity index (χ4v) is 5.46. The maximum Gasteiger partial charge on any atom is 0.322 e. The molecule has 0 aromatic heterocycles. The predicted molar refractivity (Wildman–Crippen MR) is 128 cm³/mol. The standard InChI is InChI=1S/C23H27N5O5S/c1-16-5-3-8-19(13-16)27-9-11-28(12-10-27)34(32,33)15-20(29)24-18-7-4-6-17(14-18)23(2)21(30)25-22(31)26-23/h3-8,13-14H,9-12,15H2,1-2H3,(H,24,29)(H2,25,26,30,31). The van der Waals surface area contributed by atoms with E-state index in [1.807, 2.05) is 25.1 Å². The second-order valence-electron chi connectivity index (χ2n) is 8.64. The Hall–Kier alpha value is -3.44. The maximum absolute atomic E-state index is 12.8. The number of rotatable bonds is 6. The molecule has 1 unspecified atom stereocenters. The second kappa shape index (κ2) is 9.07. The van der Waals surface area contributed by atoms with E-state index >= 15 is 0 Å². The number of piperazine rings is 1. The molecule has 2 aromatic rings. The summed E-state index contributed by atoms with van der Waals surface area (Å²) in [6, 6.07) is 13.8. The van der Waals surface area contributed by atoms with Crippen molar-refractivity contribution in [1.29, 1.82) is 0 Å². The van der Waals surface area contributed by atoms with E-state index in [9.17, 15) is 22.8 Å². The lowest BCUT2D eigenvalue weighted by Gasteiger charge is -2.35. The molecule has 2 aliphatic rings. The zero-order valence-electron chi connectivity index (χ0n) is 19.0. The molecule has 11 heteroatoms. The van der Waals surface area contributed by atoms with Crippen molar-refractivity contribution in [2.45, 2.75) is 19.4 Å². The zero-order valence-corrected chi connectivity index (χ0v) is 19.8. The van der Waals surface area contributed by atoms with Gasteiger partial charge in [-0.25, -0.2) is 13.2 Å².